The molecule has 0 saturated heterocycles. The van der Waals surface area contributed by atoms with E-state index in [1.165, 1.54) is 6.07 Å². The van der Waals surface area contributed by atoms with Crippen LogP contribution < -0.4 is 0 Å². The largest absolute Gasteiger partial charge is 0.445 e. The lowest BCUT2D eigenvalue weighted by Gasteiger charge is -2.22. The van der Waals surface area contributed by atoms with Crippen molar-refractivity contribution in [2.45, 2.75) is 32.0 Å². The number of para-hydroxylation sites is 1. The molecular weight excluding hydrogens is 308 g/mol. The fourth-order valence-electron chi connectivity index (χ4n) is 2.54. The van der Waals surface area contributed by atoms with E-state index in [9.17, 15) is 14.9 Å². The highest BCUT2D eigenvalue weighted by atomic mass is 16.6. The summed E-state index contributed by atoms with van der Waals surface area (Å²) in [6, 6.07) is 16.0. The summed E-state index contributed by atoms with van der Waals surface area (Å²) in [6.45, 7) is 0.384. The first-order valence-corrected chi connectivity index (χ1v) is 7.85. The van der Waals surface area contributed by atoms with Gasteiger partial charge in [-0.3, -0.25) is 10.1 Å². The number of hydrogen-bond donors (Lipinski definition) is 0. The first-order chi connectivity index (χ1) is 11.6. The molecule has 2 aromatic carbocycles. The zero-order chi connectivity index (χ0) is 16.9. The molecule has 3 rings (SSSR count). The molecule has 0 spiro atoms. The predicted molar refractivity (Wildman–Crippen MR) is 88.3 cm³/mol. The third kappa shape index (κ3) is 3.90. The molecule has 2 aromatic rings. The van der Waals surface area contributed by atoms with E-state index in [-0.39, 0.29) is 24.9 Å². The van der Waals surface area contributed by atoms with E-state index in [1.54, 1.807) is 23.1 Å². The van der Waals surface area contributed by atoms with Gasteiger partial charge in [-0.15, -0.1) is 0 Å². The molecule has 1 fully saturated rings. The van der Waals surface area contributed by atoms with Crippen LogP contribution in [0.15, 0.2) is 54.6 Å². The summed E-state index contributed by atoms with van der Waals surface area (Å²) < 4.78 is 5.38. The number of rotatable bonds is 6. The normalized spacial score (nSPS) is 13.3. The maximum atomic E-state index is 12.4. The highest BCUT2D eigenvalue weighted by Gasteiger charge is 2.34. The van der Waals surface area contributed by atoms with E-state index >= 15 is 0 Å². The number of amides is 1. The number of carbonyl (C=O) groups is 1. The van der Waals surface area contributed by atoms with Gasteiger partial charge in [0.25, 0.3) is 5.69 Å². The minimum Gasteiger partial charge on any atom is -0.445 e. The summed E-state index contributed by atoms with van der Waals surface area (Å²) in [5.74, 6) is 0. The average molecular weight is 326 g/mol. The van der Waals surface area contributed by atoms with Crippen LogP contribution in [0.1, 0.15) is 24.0 Å². The molecular formula is C18H18N2O4. The Morgan fingerprint density at radius 1 is 1.12 bits per heavy atom. The number of nitro benzene ring substituents is 1. The molecule has 0 heterocycles. The van der Waals surface area contributed by atoms with E-state index in [1.807, 2.05) is 30.3 Å². The van der Waals surface area contributed by atoms with Crippen LogP contribution in [0.3, 0.4) is 0 Å². The van der Waals surface area contributed by atoms with Gasteiger partial charge in [0.2, 0.25) is 0 Å². The molecule has 1 aliphatic rings. The number of benzene rings is 2. The second kappa shape index (κ2) is 7.12. The van der Waals surface area contributed by atoms with Crippen LogP contribution in [0.25, 0.3) is 0 Å². The molecule has 1 saturated carbocycles. The summed E-state index contributed by atoms with van der Waals surface area (Å²) in [7, 11) is 0. The van der Waals surface area contributed by atoms with E-state index in [0.717, 1.165) is 18.4 Å². The van der Waals surface area contributed by atoms with Crippen molar-refractivity contribution in [2.24, 2.45) is 0 Å². The molecule has 24 heavy (non-hydrogen) atoms. The lowest BCUT2D eigenvalue weighted by molar-refractivity contribution is -0.385. The minimum absolute atomic E-state index is 0.0269. The van der Waals surface area contributed by atoms with Gasteiger partial charge in [-0.1, -0.05) is 48.5 Å². The van der Waals surface area contributed by atoms with Gasteiger partial charge in [0, 0.05) is 17.7 Å². The van der Waals surface area contributed by atoms with Gasteiger partial charge in [-0.2, -0.15) is 0 Å². The molecule has 6 nitrogen and oxygen atoms in total. The first-order valence-electron chi connectivity index (χ1n) is 7.85. The van der Waals surface area contributed by atoms with Gasteiger partial charge in [0.15, 0.2) is 0 Å². The summed E-state index contributed by atoms with van der Waals surface area (Å²) in [6.07, 6.45) is 1.38. The van der Waals surface area contributed by atoms with Crippen molar-refractivity contribution in [1.29, 1.82) is 0 Å². The van der Waals surface area contributed by atoms with E-state index in [4.69, 9.17) is 4.74 Å². The molecule has 124 valence electrons. The van der Waals surface area contributed by atoms with Crippen LogP contribution in [0.4, 0.5) is 10.5 Å². The van der Waals surface area contributed by atoms with Crippen LogP contribution in [-0.4, -0.2) is 22.0 Å². The zero-order valence-corrected chi connectivity index (χ0v) is 13.1. The maximum Gasteiger partial charge on any atom is 0.410 e. The topological polar surface area (TPSA) is 72.7 Å². The average Bonchev–Trinajstić information content (AvgIpc) is 3.43. The van der Waals surface area contributed by atoms with Crippen molar-refractivity contribution in [3.63, 3.8) is 0 Å². The Kier molecular flexibility index (Phi) is 4.74. The molecule has 1 aliphatic carbocycles. The van der Waals surface area contributed by atoms with E-state index in [2.05, 4.69) is 0 Å². The second-order valence-electron chi connectivity index (χ2n) is 5.79. The van der Waals surface area contributed by atoms with Crippen LogP contribution in [0.2, 0.25) is 0 Å². The van der Waals surface area contributed by atoms with Crippen molar-refractivity contribution >= 4 is 11.8 Å². The number of nitro groups is 1. The quantitative estimate of drug-likeness (QED) is 0.596. The van der Waals surface area contributed by atoms with Gasteiger partial charge in [-0.25, -0.2) is 4.79 Å². The Morgan fingerprint density at radius 3 is 2.46 bits per heavy atom. The standard InChI is InChI=1S/C18H18N2O4/c21-18(24-13-14-6-2-1-3-7-14)19(16-10-11-16)12-15-8-4-5-9-17(15)20(22)23/h1-9,16H,10-13H2. The Balaban J connectivity index is 1.69. The zero-order valence-electron chi connectivity index (χ0n) is 13.1. The molecule has 0 radical (unpaired) electrons. The number of carbonyl (C=O) groups excluding carboxylic acids is 1. The fourth-order valence-corrected chi connectivity index (χ4v) is 2.54. The van der Waals surface area contributed by atoms with Gasteiger partial charge >= 0.3 is 6.09 Å². The summed E-state index contributed by atoms with van der Waals surface area (Å²) in [5.41, 5.74) is 1.46. The molecule has 0 unspecified atom stereocenters. The van der Waals surface area contributed by atoms with Crippen LogP contribution in [0, 0.1) is 10.1 Å². The molecule has 1 amide bonds. The van der Waals surface area contributed by atoms with Crippen molar-refractivity contribution in [2.75, 3.05) is 0 Å². The monoisotopic (exact) mass is 326 g/mol. The van der Waals surface area contributed by atoms with Crippen LogP contribution >= 0.6 is 0 Å². The second-order valence-corrected chi connectivity index (χ2v) is 5.79. The lowest BCUT2D eigenvalue weighted by atomic mass is 10.1. The Morgan fingerprint density at radius 2 is 1.79 bits per heavy atom. The molecule has 0 atom stereocenters. The smallest absolute Gasteiger partial charge is 0.410 e. The molecule has 0 N–H and O–H groups in total. The molecule has 6 heteroatoms. The molecule has 0 aromatic heterocycles. The predicted octanol–water partition coefficient (Wildman–Crippen LogP) is 3.90. The fraction of sp³-hybridized carbons (Fsp3) is 0.278. The van der Waals surface area contributed by atoms with Gasteiger partial charge in [0.1, 0.15) is 6.61 Å². The van der Waals surface area contributed by atoms with Crippen molar-refractivity contribution < 1.29 is 14.5 Å². The lowest BCUT2D eigenvalue weighted by Crippen LogP contribution is -2.33. The maximum absolute atomic E-state index is 12.4. The van der Waals surface area contributed by atoms with Crippen LogP contribution in [-0.2, 0) is 17.9 Å². The van der Waals surface area contributed by atoms with Crippen molar-refractivity contribution in [3.8, 4) is 0 Å². The van der Waals surface area contributed by atoms with E-state index < -0.39 is 11.0 Å². The summed E-state index contributed by atoms with van der Waals surface area (Å²) in [5, 5.41) is 11.1. The Hall–Kier alpha value is -2.89. The summed E-state index contributed by atoms with van der Waals surface area (Å²) >= 11 is 0. The number of hydrogen-bond acceptors (Lipinski definition) is 4. The van der Waals surface area contributed by atoms with Gasteiger partial charge in [0.05, 0.1) is 11.5 Å². The van der Waals surface area contributed by atoms with Crippen molar-refractivity contribution in [1.82, 2.24) is 4.90 Å². The third-order valence-electron chi connectivity index (χ3n) is 3.96. The first kappa shape index (κ1) is 16.0. The Bertz CT molecular complexity index is 729. The van der Waals surface area contributed by atoms with Crippen molar-refractivity contribution in [3.05, 3.63) is 75.8 Å². The Labute approximate surface area is 139 Å². The van der Waals surface area contributed by atoms with Gasteiger partial charge < -0.3 is 9.64 Å². The highest BCUT2D eigenvalue weighted by molar-refractivity contribution is 5.69. The number of nitrogens with zero attached hydrogens (tertiary/aromatic N) is 2. The van der Waals surface area contributed by atoms with Gasteiger partial charge in [-0.05, 0) is 18.4 Å². The number of ether oxygens (including phenoxy) is 1. The summed E-state index contributed by atoms with van der Waals surface area (Å²) in [4.78, 5) is 24.7. The molecule has 0 aliphatic heterocycles. The van der Waals surface area contributed by atoms with Crippen LogP contribution in [0.5, 0.6) is 0 Å². The SMILES string of the molecule is O=C(OCc1ccccc1)N(Cc1ccccc1[N+](=O)[O-])C1CC1. The molecule has 0 bridgehead atoms. The van der Waals surface area contributed by atoms with E-state index in [0.29, 0.717) is 5.56 Å². The highest BCUT2D eigenvalue weighted by Crippen LogP contribution is 2.31. The minimum atomic E-state index is -0.431. The third-order valence-corrected chi connectivity index (χ3v) is 3.96.